The van der Waals surface area contributed by atoms with Crippen LogP contribution in [0, 0.1) is 5.92 Å². The van der Waals surface area contributed by atoms with Gasteiger partial charge in [0.25, 0.3) is 0 Å². The zero-order valence-corrected chi connectivity index (χ0v) is 17.2. The zero-order chi connectivity index (χ0) is 22.5. The van der Waals surface area contributed by atoms with Gasteiger partial charge in [-0.3, -0.25) is 4.98 Å². The molecule has 2 N–H and O–H groups in total. The van der Waals surface area contributed by atoms with Crippen LogP contribution in [0.4, 0.5) is 17.6 Å². The Morgan fingerprint density at radius 3 is 2.72 bits per heavy atom. The van der Waals surface area contributed by atoms with E-state index in [1.807, 2.05) is 6.08 Å². The van der Waals surface area contributed by atoms with Crippen molar-refractivity contribution < 1.29 is 17.6 Å². The number of hydrogen-bond acceptors (Lipinski definition) is 4. The number of fused-ring (bicyclic) bond motifs is 2. The summed E-state index contributed by atoms with van der Waals surface area (Å²) in [5.74, 6) is 0.569. The molecule has 0 bridgehead atoms. The first-order chi connectivity index (χ1) is 15.3. The molecule has 0 saturated heterocycles. The Balaban J connectivity index is 1.50. The molecule has 0 spiro atoms. The van der Waals surface area contributed by atoms with Gasteiger partial charge in [-0.25, -0.2) is 14.4 Å². The standard InChI is InChI=1S/C24H22F4N4/c25-20-3-1-2-14(22(20)29)9-21-31-11-15-10-30-12-19(23(15)32-21)18-6-4-13-8-16(24(26,27)28)5-7-17(13)18/h5-8,10-12,14,20,22H,1-4,9,29H2. The Bertz CT molecular complexity index is 1200. The fourth-order valence-corrected chi connectivity index (χ4v) is 4.79. The Morgan fingerprint density at radius 2 is 1.91 bits per heavy atom. The van der Waals surface area contributed by atoms with E-state index in [1.54, 1.807) is 18.6 Å². The highest BCUT2D eigenvalue weighted by molar-refractivity contribution is 5.96. The van der Waals surface area contributed by atoms with Crippen LogP contribution in [0.25, 0.3) is 16.5 Å². The third kappa shape index (κ3) is 3.77. The maximum Gasteiger partial charge on any atom is 0.416 e. The number of alkyl halides is 4. The predicted molar refractivity (Wildman–Crippen MR) is 113 cm³/mol. The van der Waals surface area contributed by atoms with Crippen LogP contribution in [0.1, 0.15) is 47.3 Å². The molecule has 2 aliphatic rings. The summed E-state index contributed by atoms with van der Waals surface area (Å²) < 4.78 is 53.3. The van der Waals surface area contributed by atoms with E-state index in [2.05, 4.69) is 9.97 Å². The molecule has 2 aromatic heterocycles. The molecule has 1 saturated carbocycles. The number of aromatic nitrogens is 3. The Kier molecular flexibility index (Phi) is 5.20. The molecule has 0 radical (unpaired) electrons. The minimum absolute atomic E-state index is 0.0197. The molecule has 1 fully saturated rings. The van der Waals surface area contributed by atoms with Crippen molar-refractivity contribution in [2.45, 2.75) is 50.5 Å². The minimum atomic E-state index is -4.38. The fourth-order valence-electron chi connectivity index (χ4n) is 4.79. The second kappa shape index (κ2) is 7.92. The third-order valence-electron chi connectivity index (χ3n) is 6.54. The van der Waals surface area contributed by atoms with E-state index in [0.717, 1.165) is 41.0 Å². The molecule has 5 rings (SSSR count). The Morgan fingerprint density at radius 1 is 1.06 bits per heavy atom. The third-order valence-corrected chi connectivity index (χ3v) is 6.54. The molecule has 2 aliphatic carbocycles. The van der Waals surface area contributed by atoms with Gasteiger partial charge in [0.15, 0.2) is 0 Å². The summed E-state index contributed by atoms with van der Waals surface area (Å²) in [4.78, 5) is 13.5. The van der Waals surface area contributed by atoms with Crippen LogP contribution in [0.15, 0.2) is 42.9 Å². The van der Waals surface area contributed by atoms with Crippen molar-refractivity contribution >= 4 is 16.5 Å². The van der Waals surface area contributed by atoms with Crippen molar-refractivity contribution in [3.63, 3.8) is 0 Å². The predicted octanol–water partition coefficient (Wildman–Crippen LogP) is 5.04. The van der Waals surface area contributed by atoms with Crippen molar-refractivity contribution in [2.75, 3.05) is 0 Å². The molecule has 0 aliphatic heterocycles. The van der Waals surface area contributed by atoms with Crippen LogP contribution in [0.2, 0.25) is 0 Å². The van der Waals surface area contributed by atoms with E-state index in [1.165, 1.54) is 12.1 Å². The number of hydrogen-bond donors (Lipinski definition) is 1. The molecule has 0 amide bonds. The second-order valence-corrected chi connectivity index (χ2v) is 8.59. The van der Waals surface area contributed by atoms with Gasteiger partial charge in [-0.05, 0) is 54.0 Å². The fraction of sp³-hybridized carbons (Fsp3) is 0.375. The average Bonchev–Trinajstić information content (AvgIpc) is 3.19. The number of benzene rings is 1. The van der Waals surface area contributed by atoms with E-state index in [4.69, 9.17) is 10.7 Å². The molecular weight excluding hydrogens is 420 g/mol. The lowest BCUT2D eigenvalue weighted by molar-refractivity contribution is -0.137. The van der Waals surface area contributed by atoms with Crippen molar-refractivity contribution in [3.8, 4) is 0 Å². The van der Waals surface area contributed by atoms with Crippen LogP contribution in [0.5, 0.6) is 0 Å². The molecule has 2 heterocycles. The lowest BCUT2D eigenvalue weighted by Crippen LogP contribution is -2.43. The topological polar surface area (TPSA) is 64.7 Å². The molecule has 1 aromatic carbocycles. The summed E-state index contributed by atoms with van der Waals surface area (Å²) >= 11 is 0. The van der Waals surface area contributed by atoms with E-state index < -0.39 is 24.0 Å². The summed E-state index contributed by atoms with van der Waals surface area (Å²) in [6, 6.07) is 3.30. The number of rotatable bonds is 3. The molecule has 32 heavy (non-hydrogen) atoms. The van der Waals surface area contributed by atoms with E-state index in [9.17, 15) is 17.6 Å². The first-order valence-corrected chi connectivity index (χ1v) is 10.7. The van der Waals surface area contributed by atoms with Crippen molar-refractivity contribution in [3.05, 3.63) is 70.9 Å². The maximum absolute atomic E-state index is 14.0. The van der Waals surface area contributed by atoms with Gasteiger partial charge < -0.3 is 5.73 Å². The van der Waals surface area contributed by atoms with Gasteiger partial charge in [-0.15, -0.1) is 0 Å². The lowest BCUT2D eigenvalue weighted by Gasteiger charge is -2.31. The summed E-state index contributed by atoms with van der Waals surface area (Å²) in [6.45, 7) is 0. The zero-order valence-electron chi connectivity index (χ0n) is 17.2. The van der Waals surface area contributed by atoms with Crippen LogP contribution < -0.4 is 5.73 Å². The molecule has 3 unspecified atom stereocenters. The summed E-state index contributed by atoms with van der Waals surface area (Å²) in [5, 5.41) is 0.740. The van der Waals surface area contributed by atoms with Gasteiger partial charge in [0.2, 0.25) is 0 Å². The first-order valence-electron chi connectivity index (χ1n) is 10.7. The van der Waals surface area contributed by atoms with Crippen LogP contribution in [-0.4, -0.2) is 27.2 Å². The van der Waals surface area contributed by atoms with E-state index in [0.29, 0.717) is 36.2 Å². The van der Waals surface area contributed by atoms with E-state index in [-0.39, 0.29) is 5.92 Å². The van der Waals surface area contributed by atoms with Gasteiger partial charge in [-0.1, -0.05) is 18.6 Å². The maximum atomic E-state index is 14.0. The minimum Gasteiger partial charge on any atom is -0.325 e. The molecular formula is C24H22F4N4. The largest absolute Gasteiger partial charge is 0.416 e. The first kappa shape index (κ1) is 21.0. The normalized spacial score (nSPS) is 23.3. The van der Waals surface area contributed by atoms with Gasteiger partial charge in [0.1, 0.15) is 12.0 Å². The van der Waals surface area contributed by atoms with Crippen LogP contribution >= 0.6 is 0 Å². The number of pyridine rings is 1. The molecule has 3 aromatic rings. The smallest absolute Gasteiger partial charge is 0.325 e. The number of halogens is 4. The van der Waals surface area contributed by atoms with Crippen LogP contribution in [0.3, 0.4) is 0 Å². The van der Waals surface area contributed by atoms with E-state index >= 15 is 0 Å². The number of allylic oxidation sites excluding steroid dienone is 1. The Hall–Kier alpha value is -2.87. The van der Waals surface area contributed by atoms with Crippen molar-refractivity contribution in [1.82, 2.24) is 15.0 Å². The monoisotopic (exact) mass is 442 g/mol. The molecule has 8 heteroatoms. The summed E-state index contributed by atoms with van der Waals surface area (Å²) in [7, 11) is 0. The van der Waals surface area contributed by atoms with Gasteiger partial charge in [0.05, 0.1) is 11.1 Å². The quantitative estimate of drug-likeness (QED) is 0.578. The molecule has 166 valence electrons. The molecule has 3 atom stereocenters. The second-order valence-electron chi connectivity index (χ2n) is 8.59. The average molecular weight is 442 g/mol. The SMILES string of the molecule is NC1C(F)CCCC1Cc1ncc2cncc(C3=CCc4cc(C(F)(F)F)ccc43)c2n1. The lowest BCUT2D eigenvalue weighted by atomic mass is 9.81. The van der Waals surface area contributed by atoms with Gasteiger partial charge in [-0.2, -0.15) is 13.2 Å². The van der Waals surface area contributed by atoms with Crippen molar-refractivity contribution in [2.24, 2.45) is 11.7 Å². The highest BCUT2D eigenvalue weighted by atomic mass is 19.4. The highest BCUT2D eigenvalue weighted by Crippen LogP contribution is 2.38. The van der Waals surface area contributed by atoms with Crippen molar-refractivity contribution in [1.29, 1.82) is 0 Å². The summed E-state index contributed by atoms with van der Waals surface area (Å²) in [5.41, 5.74) is 9.06. The molecule has 4 nitrogen and oxygen atoms in total. The van der Waals surface area contributed by atoms with Gasteiger partial charge >= 0.3 is 6.18 Å². The Labute approximate surface area is 182 Å². The van der Waals surface area contributed by atoms with Gasteiger partial charge in [0, 0.05) is 42.0 Å². The highest BCUT2D eigenvalue weighted by Gasteiger charge is 2.33. The van der Waals surface area contributed by atoms with Crippen LogP contribution in [-0.2, 0) is 19.0 Å². The number of nitrogens with zero attached hydrogens (tertiary/aromatic N) is 3. The summed E-state index contributed by atoms with van der Waals surface area (Å²) in [6.07, 6.45) is 4.61. The number of nitrogens with two attached hydrogens (primary N) is 1.